The number of aryl methyl sites for hydroxylation is 3. The highest BCUT2D eigenvalue weighted by molar-refractivity contribution is 7.91. The standard InChI is InChI=1S/C24H27NO4S/c1-18-12-14-21(15-13-18)24-25-23(19(2)29-24)17-30(27,28)16-22(26)11-7-6-10-20-8-4-3-5-9-20/h3-5,8-9,12-15H,6-7,10-11,16-17H2,1-2H3. The maximum atomic E-state index is 12.5. The Hall–Kier alpha value is -2.73. The lowest BCUT2D eigenvalue weighted by atomic mass is 10.1. The van der Waals surface area contributed by atoms with Gasteiger partial charge in [-0.25, -0.2) is 13.4 Å². The number of hydrogen-bond acceptors (Lipinski definition) is 5. The summed E-state index contributed by atoms with van der Waals surface area (Å²) in [6.07, 6.45) is 2.71. The van der Waals surface area contributed by atoms with Gasteiger partial charge in [-0.05, 0) is 50.8 Å². The third kappa shape index (κ3) is 6.39. The molecule has 30 heavy (non-hydrogen) atoms. The van der Waals surface area contributed by atoms with Crippen molar-refractivity contribution in [2.75, 3.05) is 5.75 Å². The molecule has 0 fully saturated rings. The van der Waals surface area contributed by atoms with Crippen LogP contribution in [0.3, 0.4) is 0 Å². The van der Waals surface area contributed by atoms with Gasteiger partial charge in [0.25, 0.3) is 0 Å². The predicted molar refractivity (Wildman–Crippen MR) is 118 cm³/mol. The van der Waals surface area contributed by atoms with E-state index in [1.165, 1.54) is 5.56 Å². The molecule has 0 spiro atoms. The molecular weight excluding hydrogens is 398 g/mol. The average molecular weight is 426 g/mol. The lowest BCUT2D eigenvalue weighted by molar-refractivity contribution is -0.116. The summed E-state index contributed by atoms with van der Waals surface area (Å²) >= 11 is 0. The molecule has 3 rings (SSSR count). The van der Waals surface area contributed by atoms with Crippen LogP contribution in [0.5, 0.6) is 0 Å². The van der Waals surface area contributed by atoms with Gasteiger partial charge in [-0.3, -0.25) is 4.79 Å². The molecule has 6 heteroatoms. The fourth-order valence-corrected chi connectivity index (χ4v) is 4.68. The molecule has 0 aliphatic rings. The molecular formula is C24H27NO4S. The van der Waals surface area contributed by atoms with E-state index >= 15 is 0 Å². The summed E-state index contributed by atoms with van der Waals surface area (Å²) in [6.45, 7) is 3.68. The van der Waals surface area contributed by atoms with Crippen LogP contribution in [0.2, 0.25) is 0 Å². The summed E-state index contributed by atoms with van der Waals surface area (Å²) in [4.78, 5) is 16.5. The van der Waals surface area contributed by atoms with Crippen LogP contribution in [0.4, 0.5) is 0 Å². The Labute approximate surface area is 178 Å². The Bertz CT molecular complexity index is 1080. The molecule has 0 aliphatic carbocycles. The summed E-state index contributed by atoms with van der Waals surface area (Å²) in [6, 6.07) is 17.7. The molecule has 1 heterocycles. The van der Waals surface area contributed by atoms with Gasteiger partial charge >= 0.3 is 0 Å². The van der Waals surface area contributed by atoms with Crippen molar-refractivity contribution in [1.29, 1.82) is 0 Å². The van der Waals surface area contributed by atoms with Crippen molar-refractivity contribution in [2.24, 2.45) is 0 Å². The quantitative estimate of drug-likeness (QED) is 0.434. The van der Waals surface area contributed by atoms with Gasteiger partial charge in [0.05, 0.1) is 11.4 Å². The molecule has 158 valence electrons. The summed E-state index contributed by atoms with van der Waals surface area (Å²) in [5.41, 5.74) is 3.50. The Balaban J connectivity index is 1.52. The van der Waals surface area contributed by atoms with E-state index in [2.05, 4.69) is 17.1 Å². The van der Waals surface area contributed by atoms with Gasteiger partial charge in [-0.15, -0.1) is 0 Å². The SMILES string of the molecule is Cc1ccc(-c2nc(CS(=O)(=O)CC(=O)CCCCc3ccccc3)c(C)o2)cc1. The number of sulfone groups is 1. The largest absolute Gasteiger partial charge is 0.441 e. The van der Waals surface area contributed by atoms with Gasteiger partial charge in [0.1, 0.15) is 17.3 Å². The second-order valence-electron chi connectivity index (χ2n) is 7.65. The number of oxazole rings is 1. The molecule has 0 bridgehead atoms. The van der Waals surface area contributed by atoms with Crippen LogP contribution in [0.25, 0.3) is 11.5 Å². The highest BCUT2D eigenvalue weighted by Gasteiger charge is 2.22. The molecule has 0 saturated carbocycles. The molecule has 0 aliphatic heterocycles. The van der Waals surface area contributed by atoms with Crippen molar-refractivity contribution in [3.63, 3.8) is 0 Å². The maximum Gasteiger partial charge on any atom is 0.226 e. The number of ketones is 1. The number of aromatic nitrogens is 1. The molecule has 0 atom stereocenters. The normalized spacial score (nSPS) is 11.5. The first-order chi connectivity index (χ1) is 14.3. The first-order valence-corrected chi connectivity index (χ1v) is 11.9. The summed E-state index contributed by atoms with van der Waals surface area (Å²) in [5.74, 6) is -0.133. The molecule has 1 aromatic heterocycles. The van der Waals surface area contributed by atoms with Crippen LogP contribution in [-0.4, -0.2) is 24.9 Å². The predicted octanol–water partition coefficient (Wildman–Crippen LogP) is 4.86. The van der Waals surface area contributed by atoms with Gasteiger partial charge in [0.2, 0.25) is 5.89 Å². The van der Waals surface area contributed by atoms with E-state index < -0.39 is 15.6 Å². The number of benzene rings is 2. The zero-order valence-corrected chi connectivity index (χ0v) is 18.2. The number of hydrogen-bond donors (Lipinski definition) is 0. The summed E-state index contributed by atoms with van der Waals surface area (Å²) in [5, 5.41) is 0. The fraction of sp³-hybridized carbons (Fsp3) is 0.333. The van der Waals surface area contributed by atoms with Crippen molar-refractivity contribution in [1.82, 2.24) is 4.98 Å². The van der Waals surface area contributed by atoms with Gasteiger partial charge in [-0.1, -0.05) is 48.0 Å². The number of carbonyl (C=O) groups is 1. The number of unbranched alkanes of at least 4 members (excludes halogenated alkanes) is 1. The smallest absolute Gasteiger partial charge is 0.226 e. The lowest BCUT2D eigenvalue weighted by Crippen LogP contribution is -2.18. The van der Waals surface area contributed by atoms with Crippen molar-refractivity contribution >= 4 is 15.6 Å². The van der Waals surface area contributed by atoms with Crippen LogP contribution in [0.1, 0.15) is 41.8 Å². The van der Waals surface area contributed by atoms with E-state index in [0.717, 1.165) is 24.0 Å². The molecule has 3 aromatic rings. The molecule has 0 amide bonds. The molecule has 2 aromatic carbocycles. The highest BCUT2D eigenvalue weighted by atomic mass is 32.2. The number of carbonyl (C=O) groups excluding carboxylic acids is 1. The molecule has 0 saturated heterocycles. The number of rotatable bonds is 10. The van der Waals surface area contributed by atoms with Crippen LogP contribution >= 0.6 is 0 Å². The van der Waals surface area contributed by atoms with Gasteiger partial charge < -0.3 is 4.42 Å². The third-order valence-electron chi connectivity index (χ3n) is 4.94. The third-order valence-corrected chi connectivity index (χ3v) is 6.42. The molecule has 0 radical (unpaired) electrons. The Morgan fingerprint density at radius 3 is 2.37 bits per heavy atom. The topological polar surface area (TPSA) is 77.2 Å². The van der Waals surface area contributed by atoms with Crippen LogP contribution in [0.15, 0.2) is 59.0 Å². The minimum absolute atomic E-state index is 0.247. The van der Waals surface area contributed by atoms with E-state index in [1.54, 1.807) is 6.92 Å². The minimum atomic E-state index is -3.59. The Kier molecular flexibility index (Phi) is 7.21. The highest BCUT2D eigenvalue weighted by Crippen LogP contribution is 2.23. The van der Waals surface area contributed by atoms with Crippen molar-refractivity contribution < 1.29 is 17.6 Å². The first-order valence-electron chi connectivity index (χ1n) is 10.1. The average Bonchev–Trinajstić information content (AvgIpc) is 3.06. The van der Waals surface area contributed by atoms with Gasteiger partial charge in [0.15, 0.2) is 9.84 Å². The van der Waals surface area contributed by atoms with E-state index in [0.29, 0.717) is 23.8 Å². The van der Waals surface area contributed by atoms with Crippen molar-refractivity contribution in [3.05, 3.63) is 77.2 Å². The zero-order valence-electron chi connectivity index (χ0n) is 17.4. The zero-order chi connectivity index (χ0) is 21.6. The Morgan fingerprint density at radius 2 is 1.67 bits per heavy atom. The molecule has 0 unspecified atom stereocenters. The first kappa shape index (κ1) is 22.0. The van der Waals surface area contributed by atoms with Crippen LogP contribution < -0.4 is 0 Å². The van der Waals surface area contributed by atoms with Crippen LogP contribution in [0, 0.1) is 13.8 Å². The summed E-state index contributed by atoms with van der Waals surface area (Å²) in [7, 11) is -3.59. The van der Waals surface area contributed by atoms with E-state index in [-0.39, 0.29) is 18.0 Å². The van der Waals surface area contributed by atoms with E-state index in [4.69, 9.17) is 4.42 Å². The molecule has 0 N–H and O–H groups in total. The van der Waals surface area contributed by atoms with E-state index in [1.807, 2.05) is 49.4 Å². The number of Topliss-reactive ketones (excluding diaryl/α,β-unsaturated/α-hetero) is 1. The van der Waals surface area contributed by atoms with Crippen molar-refractivity contribution in [3.8, 4) is 11.5 Å². The molecule has 5 nitrogen and oxygen atoms in total. The van der Waals surface area contributed by atoms with Crippen molar-refractivity contribution in [2.45, 2.75) is 45.3 Å². The fourth-order valence-electron chi connectivity index (χ4n) is 3.25. The second-order valence-corrected chi connectivity index (χ2v) is 9.72. The minimum Gasteiger partial charge on any atom is -0.441 e. The second kappa shape index (κ2) is 9.85. The number of nitrogens with zero attached hydrogens (tertiary/aromatic N) is 1. The van der Waals surface area contributed by atoms with Gasteiger partial charge in [-0.2, -0.15) is 0 Å². The monoisotopic (exact) mass is 425 g/mol. The lowest BCUT2D eigenvalue weighted by Gasteiger charge is -2.04. The van der Waals surface area contributed by atoms with E-state index in [9.17, 15) is 13.2 Å². The maximum absolute atomic E-state index is 12.5. The Morgan fingerprint density at radius 1 is 0.967 bits per heavy atom. The van der Waals surface area contributed by atoms with Gasteiger partial charge in [0, 0.05) is 12.0 Å². The summed E-state index contributed by atoms with van der Waals surface area (Å²) < 4.78 is 30.7. The van der Waals surface area contributed by atoms with Crippen LogP contribution in [-0.2, 0) is 26.8 Å².